The first-order chi connectivity index (χ1) is 10.3. The molecule has 1 aliphatic rings. The van der Waals surface area contributed by atoms with Crippen molar-refractivity contribution in [2.45, 2.75) is 39.0 Å². The zero-order valence-electron chi connectivity index (χ0n) is 14.2. The fourth-order valence-corrected chi connectivity index (χ4v) is 2.60. The normalized spacial score (nSPS) is 18.0. The number of nitrogens with zero attached hydrogens (tertiary/aromatic N) is 2. The molecule has 1 heterocycles. The largest absolute Gasteiger partial charge is 0.385 e. The minimum Gasteiger partial charge on any atom is -0.385 e. The van der Waals surface area contributed by atoms with E-state index in [4.69, 9.17) is 4.74 Å². The lowest BCUT2D eigenvalue weighted by molar-refractivity contribution is 0.189. The Labute approximate surface area is 130 Å². The lowest BCUT2D eigenvalue weighted by Gasteiger charge is -2.30. The second-order valence-electron chi connectivity index (χ2n) is 6.00. The van der Waals surface area contributed by atoms with Crippen LogP contribution in [0.1, 0.15) is 39.0 Å². The molecule has 2 N–H and O–H groups in total. The van der Waals surface area contributed by atoms with Crippen LogP contribution in [0.25, 0.3) is 0 Å². The number of guanidine groups is 1. The summed E-state index contributed by atoms with van der Waals surface area (Å²) >= 11 is 0. The average Bonchev–Trinajstić information content (AvgIpc) is 2.51. The molecule has 0 saturated carbocycles. The third-order valence-corrected chi connectivity index (χ3v) is 4.11. The molecule has 1 saturated heterocycles. The number of likely N-dealkylation sites (tertiary alicyclic amines) is 1. The van der Waals surface area contributed by atoms with Crippen LogP contribution in [0.3, 0.4) is 0 Å². The number of unbranched alkanes of at least 4 members (excludes halogenated alkanes) is 1. The van der Waals surface area contributed by atoms with Crippen LogP contribution in [0.5, 0.6) is 0 Å². The zero-order chi connectivity index (χ0) is 15.3. The van der Waals surface area contributed by atoms with E-state index in [-0.39, 0.29) is 0 Å². The molecule has 0 spiro atoms. The number of piperidine rings is 1. The number of ether oxygens (including phenoxy) is 1. The van der Waals surface area contributed by atoms with Crippen LogP contribution >= 0.6 is 0 Å². The van der Waals surface area contributed by atoms with Crippen LogP contribution in [0.4, 0.5) is 0 Å². The standard InChI is InChI=1S/C16H34N4O/c1-15-7-12-20(13-8-15)11-5-4-9-18-16(17-2)19-10-6-14-21-3/h15H,4-14H2,1-3H3,(H2,17,18,19). The summed E-state index contributed by atoms with van der Waals surface area (Å²) in [6.45, 7) is 8.88. The topological polar surface area (TPSA) is 48.9 Å². The van der Waals surface area contributed by atoms with Gasteiger partial charge in [-0.1, -0.05) is 6.92 Å². The summed E-state index contributed by atoms with van der Waals surface area (Å²) in [5.74, 6) is 1.83. The lowest BCUT2D eigenvalue weighted by Crippen LogP contribution is -2.39. The van der Waals surface area contributed by atoms with Gasteiger partial charge in [-0.05, 0) is 57.7 Å². The van der Waals surface area contributed by atoms with Crippen molar-refractivity contribution in [3.63, 3.8) is 0 Å². The molecule has 21 heavy (non-hydrogen) atoms. The van der Waals surface area contributed by atoms with Crippen molar-refractivity contribution >= 4 is 5.96 Å². The third-order valence-electron chi connectivity index (χ3n) is 4.11. The van der Waals surface area contributed by atoms with E-state index in [1.165, 1.54) is 45.3 Å². The molecule has 0 atom stereocenters. The van der Waals surface area contributed by atoms with Gasteiger partial charge in [-0.25, -0.2) is 0 Å². The first kappa shape index (κ1) is 18.2. The molecule has 124 valence electrons. The zero-order valence-corrected chi connectivity index (χ0v) is 14.2. The fraction of sp³-hybridized carbons (Fsp3) is 0.938. The number of hydrogen-bond acceptors (Lipinski definition) is 3. The minimum atomic E-state index is 0.790. The van der Waals surface area contributed by atoms with E-state index in [1.54, 1.807) is 7.11 Å². The van der Waals surface area contributed by atoms with Gasteiger partial charge >= 0.3 is 0 Å². The quantitative estimate of drug-likeness (QED) is 0.386. The highest BCUT2D eigenvalue weighted by molar-refractivity contribution is 5.79. The monoisotopic (exact) mass is 298 g/mol. The molecule has 0 aliphatic carbocycles. The molecular formula is C16H34N4O. The summed E-state index contributed by atoms with van der Waals surface area (Å²) in [6.07, 6.45) is 6.21. The third kappa shape index (κ3) is 8.94. The maximum atomic E-state index is 5.03. The highest BCUT2D eigenvalue weighted by Crippen LogP contribution is 2.15. The Bertz CT molecular complexity index is 275. The molecule has 0 aromatic carbocycles. The lowest BCUT2D eigenvalue weighted by atomic mass is 9.99. The van der Waals surface area contributed by atoms with Gasteiger partial charge in [0.05, 0.1) is 0 Å². The molecule has 0 aromatic heterocycles. The summed E-state index contributed by atoms with van der Waals surface area (Å²) in [4.78, 5) is 6.83. The first-order valence-electron chi connectivity index (χ1n) is 8.42. The van der Waals surface area contributed by atoms with Gasteiger partial charge in [0.2, 0.25) is 0 Å². The highest BCUT2D eigenvalue weighted by atomic mass is 16.5. The molecule has 0 radical (unpaired) electrons. The van der Waals surface area contributed by atoms with Crippen LogP contribution in [-0.4, -0.2) is 64.3 Å². The van der Waals surface area contributed by atoms with E-state index in [0.29, 0.717) is 0 Å². The van der Waals surface area contributed by atoms with Gasteiger partial charge in [0.1, 0.15) is 0 Å². The van der Waals surface area contributed by atoms with E-state index < -0.39 is 0 Å². The Morgan fingerprint density at radius 2 is 1.81 bits per heavy atom. The van der Waals surface area contributed by atoms with E-state index >= 15 is 0 Å². The van der Waals surface area contributed by atoms with E-state index in [1.807, 2.05) is 7.05 Å². The van der Waals surface area contributed by atoms with Crippen molar-refractivity contribution in [1.29, 1.82) is 0 Å². The van der Waals surface area contributed by atoms with E-state index in [9.17, 15) is 0 Å². The van der Waals surface area contributed by atoms with Gasteiger partial charge < -0.3 is 20.3 Å². The van der Waals surface area contributed by atoms with Crippen molar-refractivity contribution in [3.8, 4) is 0 Å². The molecule has 1 fully saturated rings. The summed E-state index contributed by atoms with van der Waals surface area (Å²) in [7, 11) is 3.55. The maximum Gasteiger partial charge on any atom is 0.190 e. The van der Waals surface area contributed by atoms with Gasteiger partial charge in [-0.2, -0.15) is 0 Å². The Balaban J connectivity index is 1.97. The van der Waals surface area contributed by atoms with E-state index in [0.717, 1.165) is 38.0 Å². The van der Waals surface area contributed by atoms with Gasteiger partial charge in [-0.3, -0.25) is 4.99 Å². The second-order valence-corrected chi connectivity index (χ2v) is 6.00. The molecule has 1 rings (SSSR count). The van der Waals surface area contributed by atoms with Gasteiger partial charge in [-0.15, -0.1) is 0 Å². The van der Waals surface area contributed by atoms with Gasteiger partial charge in [0.15, 0.2) is 5.96 Å². The molecule has 0 amide bonds. The van der Waals surface area contributed by atoms with Crippen molar-refractivity contribution in [1.82, 2.24) is 15.5 Å². The smallest absolute Gasteiger partial charge is 0.190 e. The number of hydrogen-bond donors (Lipinski definition) is 2. The first-order valence-corrected chi connectivity index (χ1v) is 8.42. The Kier molecular flexibility index (Phi) is 10.3. The second kappa shape index (κ2) is 11.8. The molecule has 0 unspecified atom stereocenters. The number of nitrogens with one attached hydrogen (secondary N) is 2. The maximum absolute atomic E-state index is 5.03. The van der Waals surface area contributed by atoms with E-state index in [2.05, 4.69) is 27.4 Å². The molecule has 0 bridgehead atoms. The molecule has 0 aromatic rings. The van der Waals surface area contributed by atoms with Crippen LogP contribution in [-0.2, 0) is 4.74 Å². The number of methoxy groups -OCH3 is 1. The molecular weight excluding hydrogens is 264 g/mol. The molecule has 5 heteroatoms. The Hall–Kier alpha value is -0.810. The van der Waals surface area contributed by atoms with Crippen LogP contribution in [0.15, 0.2) is 4.99 Å². The van der Waals surface area contributed by atoms with Crippen LogP contribution in [0, 0.1) is 5.92 Å². The predicted octanol–water partition coefficient (Wildman–Crippen LogP) is 1.70. The van der Waals surface area contributed by atoms with Crippen molar-refractivity contribution in [2.75, 3.05) is 53.5 Å². The molecule has 5 nitrogen and oxygen atoms in total. The van der Waals surface area contributed by atoms with Crippen molar-refractivity contribution < 1.29 is 4.74 Å². The number of rotatable bonds is 9. The predicted molar refractivity (Wildman–Crippen MR) is 89.9 cm³/mol. The fourth-order valence-electron chi connectivity index (χ4n) is 2.60. The highest BCUT2D eigenvalue weighted by Gasteiger charge is 2.14. The van der Waals surface area contributed by atoms with Crippen LogP contribution in [0.2, 0.25) is 0 Å². The van der Waals surface area contributed by atoms with Gasteiger partial charge in [0.25, 0.3) is 0 Å². The minimum absolute atomic E-state index is 0.790. The summed E-state index contributed by atoms with van der Waals surface area (Å²) < 4.78 is 5.03. The van der Waals surface area contributed by atoms with Crippen LogP contribution < -0.4 is 10.6 Å². The van der Waals surface area contributed by atoms with Crippen molar-refractivity contribution in [3.05, 3.63) is 0 Å². The van der Waals surface area contributed by atoms with Gasteiger partial charge in [0, 0.05) is 33.9 Å². The summed E-state index contributed by atoms with van der Waals surface area (Å²) in [6, 6.07) is 0. The Morgan fingerprint density at radius 1 is 1.14 bits per heavy atom. The van der Waals surface area contributed by atoms with Crippen molar-refractivity contribution in [2.24, 2.45) is 10.9 Å². The summed E-state index contributed by atoms with van der Waals surface area (Å²) in [5.41, 5.74) is 0. The Morgan fingerprint density at radius 3 is 2.43 bits per heavy atom. The molecule has 1 aliphatic heterocycles. The summed E-state index contributed by atoms with van der Waals surface area (Å²) in [5, 5.41) is 6.67. The SMILES string of the molecule is CN=C(NCCCCN1CCC(C)CC1)NCCCOC. The average molecular weight is 298 g/mol. The number of aliphatic imine (C=N–C) groups is 1.